The van der Waals surface area contributed by atoms with E-state index in [2.05, 4.69) is 5.32 Å². The first kappa shape index (κ1) is 15.4. The summed E-state index contributed by atoms with van der Waals surface area (Å²) in [7, 11) is 0. The SMILES string of the molecule is CCOc1cc(C)ccc1NC(=O)CC1(C(=O)O)CCC1. The molecule has 1 amide bonds. The number of aliphatic carboxylic acids is 1. The zero-order chi connectivity index (χ0) is 15.5. The number of hydrogen-bond donors (Lipinski definition) is 2. The van der Waals surface area contributed by atoms with Gasteiger partial charge >= 0.3 is 5.97 Å². The first-order valence-corrected chi connectivity index (χ1v) is 7.23. The lowest BCUT2D eigenvalue weighted by Crippen LogP contribution is -2.41. The second kappa shape index (κ2) is 6.16. The van der Waals surface area contributed by atoms with Crippen molar-refractivity contribution in [2.45, 2.75) is 39.5 Å². The summed E-state index contributed by atoms with van der Waals surface area (Å²) in [6.07, 6.45) is 2.03. The number of nitrogens with one attached hydrogen (secondary N) is 1. The fourth-order valence-corrected chi connectivity index (χ4v) is 2.58. The van der Waals surface area contributed by atoms with Crippen LogP contribution in [0, 0.1) is 12.3 Å². The number of carbonyl (C=O) groups excluding carboxylic acids is 1. The van der Waals surface area contributed by atoms with Gasteiger partial charge in [-0.1, -0.05) is 12.5 Å². The van der Waals surface area contributed by atoms with Gasteiger partial charge in [-0.05, 0) is 44.4 Å². The predicted octanol–water partition coefficient (Wildman–Crippen LogP) is 2.98. The lowest BCUT2D eigenvalue weighted by Gasteiger charge is -2.36. The molecule has 5 heteroatoms. The molecule has 1 aromatic rings. The second-order valence-corrected chi connectivity index (χ2v) is 5.60. The van der Waals surface area contributed by atoms with Crippen LogP contribution in [0.5, 0.6) is 5.75 Å². The minimum absolute atomic E-state index is 0.0156. The monoisotopic (exact) mass is 291 g/mol. The fraction of sp³-hybridized carbons (Fsp3) is 0.500. The predicted molar refractivity (Wildman–Crippen MR) is 79.5 cm³/mol. The molecule has 0 unspecified atom stereocenters. The summed E-state index contributed by atoms with van der Waals surface area (Å²) < 4.78 is 5.51. The number of rotatable bonds is 6. The second-order valence-electron chi connectivity index (χ2n) is 5.60. The maximum absolute atomic E-state index is 12.1. The highest BCUT2D eigenvalue weighted by atomic mass is 16.5. The normalized spacial score (nSPS) is 15.9. The van der Waals surface area contributed by atoms with Crippen LogP contribution < -0.4 is 10.1 Å². The summed E-state index contributed by atoms with van der Waals surface area (Å²) in [5, 5.41) is 12.0. The minimum atomic E-state index is -0.877. The number of hydrogen-bond acceptors (Lipinski definition) is 3. The molecule has 5 nitrogen and oxygen atoms in total. The van der Waals surface area contributed by atoms with Crippen LogP contribution >= 0.6 is 0 Å². The van der Waals surface area contributed by atoms with Gasteiger partial charge in [-0.25, -0.2) is 0 Å². The Kier molecular flexibility index (Phi) is 4.50. The van der Waals surface area contributed by atoms with E-state index >= 15 is 0 Å². The number of amides is 1. The summed E-state index contributed by atoms with van der Waals surface area (Å²) in [6.45, 7) is 4.33. The highest BCUT2D eigenvalue weighted by Gasteiger charge is 2.45. The molecular weight excluding hydrogens is 270 g/mol. The topological polar surface area (TPSA) is 75.6 Å². The molecule has 2 N–H and O–H groups in total. The number of anilines is 1. The van der Waals surface area contributed by atoms with Gasteiger partial charge in [0.25, 0.3) is 0 Å². The van der Waals surface area contributed by atoms with E-state index in [1.54, 1.807) is 6.07 Å². The van der Waals surface area contributed by atoms with Crippen LogP contribution in [0.15, 0.2) is 18.2 Å². The van der Waals surface area contributed by atoms with Crippen molar-refractivity contribution in [3.63, 3.8) is 0 Å². The summed E-state index contributed by atoms with van der Waals surface area (Å²) in [4.78, 5) is 23.4. The zero-order valence-electron chi connectivity index (χ0n) is 12.4. The molecule has 0 aromatic heterocycles. The van der Waals surface area contributed by atoms with E-state index in [4.69, 9.17) is 4.74 Å². The highest BCUT2D eigenvalue weighted by molar-refractivity contribution is 5.95. The van der Waals surface area contributed by atoms with Crippen molar-refractivity contribution in [1.82, 2.24) is 0 Å². The number of benzene rings is 1. The Morgan fingerprint density at radius 3 is 2.62 bits per heavy atom. The van der Waals surface area contributed by atoms with Crippen LogP contribution in [0.2, 0.25) is 0 Å². The Bertz CT molecular complexity index is 549. The number of carboxylic acids is 1. The van der Waals surface area contributed by atoms with Gasteiger partial charge < -0.3 is 15.2 Å². The molecule has 0 saturated heterocycles. The Labute approximate surface area is 124 Å². The first-order valence-electron chi connectivity index (χ1n) is 7.23. The van der Waals surface area contributed by atoms with Crippen molar-refractivity contribution >= 4 is 17.6 Å². The standard InChI is InChI=1S/C16H21NO4/c1-3-21-13-9-11(2)5-6-12(13)17-14(18)10-16(15(19)20)7-4-8-16/h5-6,9H,3-4,7-8,10H2,1-2H3,(H,17,18)(H,19,20). The molecular formula is C16H21NO4. The molecule has 0 radical (unpaired) electrons. The molecule has 2 rings (SSSR count). The molecule has 1 fully saturated rings. The lowest BCUT2D eigenvalue weighted by molar-refractivity contribution is -0.157. The van der Waals surface area contributed by atoms with E-state index in [9.17, 15) is 14.7 Å². The summed E-state index contributed by atoms with van der Waals surface area (Å²) in [5.74, 6) is -0.538. The van der Waals surface area contributed by atoms with Crippen LogP contribution in [0.25, 0.3) is 0 Å². The smallest absolute Gasteiger partial charge is 0.310 e. The van der Waals surface area contributed by atoms with Crippen molar-refractivity contribution in [3.8, 4) is 5.75 Å². The minimum Gasteiger partial charge on any atom is -0.492 e. The van der Waals surface area contributed by atoms with E-state index < -0.39 is 11.4 Å². The number of aryl methyl sites for hydroxylation is 1. The molecule has 0 spiro atoms. The Balaban J connectivity index is 2.07. The van der Waals surface area contributed by atoms with Crippen molar-refractivity contribution in [2.24, 2.45) is 5.41 Å². The third-order valence-electron chi connectivity index (χ3n) is 3.97. The molecule has 0 atom stereocenters. The Morgan fingerprint density at radius 2 is 2.10 bits per heavy atom. The first-order chi connectivity index (χ1) is 9.97. The number of ether oxygens (including phenoxy) is 1. The average Bonchev–Trinajstić information content (AvgIpc) is 2.37. The highest BCUT2D eigenvalue weighted by Crippen LogP contribution is 2.44. The molecule has 21 heavy (non-hydrogen) atoms. The maximum Gasteiger partial charge on any atom is 0.310 e. The van der Waals surface area contributed by atoms with Gasteiger partial charge in [0.05, 0.1) is 17.7 Å². The lowest BCUT2D eigenvalue weighted by atomic mass is 9.66. The molecule has 0 heterocycles. The maximum atomic E-state index is 12.1. The van der Waals surface area contributed by atoms with Gasteiger partial charge in [0.2, 0.25) is 5.91 Å². The van der Waals surface area contributed by atoms with Crippen molar-refractivity contribution in [1.29, 1.82) is 0 Å². The number of carbonyl (C=O) groups is 2. The molecule has 0 bridgehead atoms. The van der Waals surface area contributed by atoms with Crippen molar-refractivity contribution in [3.05, 3.63) is 23.8 Å². The van der Waals surface area contributed by atoms with Gasteiger partial charge in [-0.2, -0.15) is 0 Å². The van der Waals surface area contributed by atoms with E-state index in [1.165, 1.54) is 0 Å². The molecule has 1 aliphatic carbocycles. The van der Waals surface area contributed by atoms with E-state index in [1.807, 2.05) is 26.0 Å². The van der Waals surface area contributed by atoms with E-state index in [0.29, 0.717) is 30.9 Å². The van der Waals surface area contributed by atoms with Gasteiger partial charge in [0.15, 0.2) is 0 Å². The summed E-state index contributed by atoms with van der Waals surface area (Å²) in [6, 6.07) is 5.52. The van der Waals surface area contributed by atoms with E-state index in [0.717, 1.165) is 12.0 Å². The fourth-order valence-electron chi connectivity index (χ4n) is 2.58. The van der Waals surface area contributed by atoms with Crippen molar-refractivity contribution in [2.75, 3.05) is 11.9 Å². The van der Waals surface area contributed by atoms with Crippen LogP contribution in [-0.2, 0) is 9.59 Å². The molecule has 1 aromatic carbocycles. The summed E-state index contributed by atoms with van der Waals surface area (Å²) in [5.41, 5.74) is 0.755. The third-order valence-corrected chi connectivity index (χ3v) is 3.97. The quantitative estimate of drug-likeness (QED) is 0.845. The molecule has 114 valence electrons. The largest absolute Gasteiger partial charge is 0.492 e. The third kappa shape index (κ3) is 3.35. The van der Waals surface area contributed by atoms with Gasteiger partial charge in [0, 0.05) is 6.42 Å². The van der Waals surface area contributed by atoms with Crippen LogP contribution in [-0.4, -0.2) is 23.6 Å². The Hall–Kier alpha value is -2.04. The molecule has 0 aliphatic heterocycles. The van der Waals surface area contributed by atoms with Crippen LogP contribution in [0.3, 0.4) is 0 Å². The molecule has 1 aliphatic rings. The zero-order valence-corrected chi connectivity index (χ0v) is 12.4. The van der Waals surface area contributed by atoms with Gasteiger partial charge in [-0.3, -0.25) is 9.59 Å². The van der Waals surface area contributed by atoms with E-state index in [-0.39, 0.29) is 12.3 Å². The van der Waals surface area contributed by atoms with Crippen molar-refractivity contribution < 1.29 is 19.4 Å². The molecule has 1 saturated carbocycles. The van der Waals surface area contributed by atoms with Crippen LogP contribution in [0.4, 0.5) is 5.69 Å². The van der Waals surface area contributed by atoms with Gasteiger partial charge in [-0.15, -0.1) is 0 Å². The average molecular weight is 291 g/mol. The number of carboxylic acid groups (broad SMARTS) is 1. The Morgan fingerprint density at radius 1 is 1.38 bits per heavy atom. The van der Waals surface area contributed by atoms with Gasteiger partial charge in [0.1, 0.15) is 5.75 Å². The summed E-state index contributed by atoms with van der Waals surface area (Å²) >= 11 is 0. The van der Waals surface area contributed by atoms with Crippen LogP contribution in [0.1, 0.15) is 38.2 Å².